The van der Waals surface area contributed by atoms with Gasteiger partial charge in [0, 0.05) is 25.7 Å². The third kappa shape index (κ3) is 4.05. The van der Waals surface area contributed by atoms with Crippen molar-refractivity contribution in [3.05, 3.63) is 48.0 Å². The first-order valence-corrected chi connectivity index (χ1v) is 9.57. The Morgan fingerprint density at radius 1 is 1.21 bits per heavy atom. The van der Waals surface area contributed by atoms with Gasteiger partial charge >= 0.3 is 0 Å². The lowest BCUT2D eigenvalue weighted by Crippen LogP contribution is -2.29. The van der Waals surface area contributed by atoms with Gasteiger partial charge in [-0.3, -0.25) is 9.88 Å². The predicted molar refractivity (Wildman–Crippen MR) is 101 cm³/mol. The molecule has 0 bridgehead atoms. The molecular weight excluding hydrogens is 363 g/mol. The minimum atomic E-state index is -0.683. The minimum absolute atomic E-state index is 0.00226. The van der Waals surface area contributed by atoms with E-state index in [9.17, 15) is 14.6 Å². The summed E-state index contributed by atoms with van der Waals surface area (Å²) in [7, 11) is 1.55. The molecule has 1 saturated carbocycles. The molecular formula is C21H25FN2O4. The molecule has 6 nitrogen and oxygen atoms in total. The Morgan fingerprint density at radius 3 is 2.61 bits per heavy atom. The Labute approximate surface area is 163 Å². The zero-order valence-electron chi connectivity index (χ0n) is 15.8. The molecule has 7 heteroatoms. The van der Waals surface area contributed by atoms with Crippen LogP contribution in [0.1, 0.15) is 24.6 Å². The van der Waals surface area contributed by atoms with Crippen molar-refractivity contribution in [2.75, 3.05) is 26.7 Å². The third-order valence-electron chi connectivity index (χ3n) is 5.76. The quantitative estimate of drug-likeness (QED) is 0.793. The first kappa shape index (κ1) is 19.0. The van der Waals surface area contributed by atoms with E-state index in [0.29, 0.717) is 29.8 Å². The summed E-state index contributed by atoms with van der Waals surface area (Å²) >= 11 is 0. The SMILES string of the molecule is COc1ccc(F)c(O[C@H]2C[C@@H]3CN(CC(O)c4ccc(O)cn4)C[C@@H]3C2)c1. The molecule has 150 valence electrons. The molecule has 0 radical (unpaired) electrons. The highest BCUT2D eigenvalue weighted by Gasteiger charge is 2.42. The van der Waals surface area contributed by atoms with Crippen LogP contribution >= 0.6 is 0 Å². The van der Waals surface area contributed by atoms with Gasteiger partial charge < -0.3 is 19.7 Å². The van der Waals surface area contributed by atoms with Crippen LogP contribution in [-0.2, 0) is 0 Å². The van der Waals surface area contributed by atoms with Gasteiger partial charge in [-0.1, -0.05) is 0 Å². The van der Waals surface area contributed by atoms with Crippen LogP contribution in [0.2, 0.25) is 0 Å². The molecule has 2 fully saturated rings. The molecule has 2 heterocycles. The van der Waals surface area contributed by atoms with E-state index in [1.54, 1.807) is 25.3 Å². The van der Waals surface area contributed by atoms with Crippen LogP contribution in [-0.4, -0.2) is 52.9 Å². The number of aliphatic hydroxyl groups excluding tert-OH is 1. The molecule has 4 atom stereocenters. The fraction of sp³-hybridized carbons (Fsp3) is 0.476. The van der Waals surface area contributed by atoms with Crippen LogP contribution in [0.5, 0.6) is 17.2 Å². The van der Waals surface area contributed by atoms with Crippen LogP contribution < -0.4 is 9.47 Å². The number of nitrogens with zero attached hydrogens (tertiary/aromatic N) is 2. The Morgan fingerprint density at radius 2 is 1.96 bits per heavy atom. The molecule has 0 spiro atoms. The molecule has 1 aliphatic carbocycles. The van der Waals surface area contributed by atoms with E-state index in [-0.39, 0.29) is 23.4 Å². The molecule has 0 amide bonds. The van der Waals surface area contributed by atoms with E-state index in [0.717, 1.165) is 25.9 Å². The van der Waals surface area contributed by atoms with Crippen LogP contribution in [0.15, 0.2) is 36.5 Å². The zero-order valence-corrected chi connectivity index (χ0v) is 15.8. The normalized spacial score (nSPS) is 25.5. The van der Waals surface area contributed by atoms with Gasteiger partial charge in [0.25, 0.3) is 0 Å². The average molecular weight is 388 g/mol. The Bertz CT molecular complexity index is 803. The van der Waals surface area contributed by atoms with Crippen LogP contribution in [0.3, 0.4) is 0 Å². The van der Waals surface area contributed by atoms with Crippen molar-refractivity contribution in [2.24, 2.45) is 11.8 Å². The highest BCUT2D eigenvalue weighted by Crippen LogP contribution is 2.40. The number of hydrogen-bond acceptors (Lipinski definition) is 6. The number of fused-ring (bicyclic) bond motifs is 1. The van der Waals surface area contributed by atoms with Crippen molar-refractivity contribution in [3.8, 4) is 17.2 Å². The molecule has 2 aromatic rings. The van der Waals surface area contributed by atoms with Gasteiger partial charge in [-0.05, 0) is 48.9 Å². The van der Waals surface area contributed by atoms with Crippen molar-refractivity contribution < 1.29 is 24.1 Å². The number of ether oxygens (including phenoxy) is 2. The largest absolute Gasteiger partial charge is 0.506 e. The van der Waals surface area contributed by atoms with Gasteiger partial charge in [-0.15, -0.1) is 0 Å². The summed E-state index contributed by atoms with van der Waals surface area (Å²) in [6, 6.07) is 7.71. The van der Waals surface area contributed by atoms with Gasteiger partial charge in [-0.25, -0.2) is 4.39 Å². The standard InChI is InChI=1S/C21H25FN2O4/c1-27-16-3-4-18(22)21(8-16)28-17-6-13-10-24(11-14(13)7-17)12-20(26)19-5-2-15(25)9-23-19/h2-5,8-9,13-14,17,20,25-26H,6-7,10-12H2,1H3/t13-,14+,17+,20?. The van der Waals surface area contributed by atoms with Crippen LogP contribution in [0.4, 0.5) is 4.39 Å². The summed E-state index contributed by atoms with van der Waals surface area (Å²) in [5, 5.41) is 19.7. The average Bonchev–Trinajstić information content (AvgIpc) is 3.21. The van der Waals surface area contributed by atoms with E-state index >= 15 is 0 Å². The summed E-state index contributed by atoms with van der Waals surface area (Å²) in [6.07, 6.45) is 2.42. The number of aromatic hydroxyl groups is 1. The third-order valence-corrected chi connectivity index (χ3v) is 5.76. The number of aliphatic hydroxyl groups is 1. The second-order valence-electron chi connectivity index (χ2n) is 7.70. The molecule has 4 rings (SSSR count). The smallest absolute Gasteiger partial charge is 0.165 e. The maximum Gasteiger partial charge on any atom is 0.165 e. The number of halogens is 1. The maximum atomic E-state index is 14.0. The summed E-state index contributed by atoms with van der Waals surface area (Å²) < 4.78 is 25.1. The topological polar surface area (TPSA) is 75.1 Å². The van der Waals surface area contributed by atoms with Crippen LogP contribution in [0.25, 0.3) is 0 Å². The van der Waals surface area contributed by atoms with Gasteiger partial charge in [0.2, 0.25) is 0 Å². The fourth-order valence-corrected chi connectivity index (χ4v) is 4.40. The van der Waals surface area contributed by atoms with Crippen molar-refractivity contribution in [3.63, 3.8) is 0 Å². The van der Waals surface area contributed by atoms with Gasteiger partial charge in [0.1, 0.15) is 17.6 Å². The zero-order chi connectivity index (χ0) is 19.7. The predicted octanol–water partition coefficient (Wildman–Crippen LogP) is 2.76. The first-order valence-electron chi connectivity index (χ1n) is 9.57. The number of hydrogen-bond donors (Lipinski definition) is 2. The maximum absolute atomic E-state index is 14.0. The molecule has 1 aromatic carbocycles. The molecule has 2 aliphatic rings. The monoisotopic (exact) mass is 388 g/mol. The second-order valence-corrected chi connectivity index (χ2v) is 7.70. The minimum Gasteiger partial charge on any atom is -0.506 e. The van der Waals surface area contributed by atoms with E-state index < -0.39 is 6.10 Å². The van der Waals surface area contributed by atoms with Gasteiger partial charge in [-0.2, -0.15) is 0 Å². The summed E-state index contributed by atoms with van der Waals surface area (Å²) in [5.41, 5.74) is 0.560. The van der Waals surface area contributed by atoms with E-state index in [2.05, 4.69) is 9.88 Å². The highest BCUT2D eigenvalue weighted by molar-refractivity contribution is 5.34. The Hall–Kier alpha value is -2.38. The lowest BCUT2D eigenvalue weighted by Gasteiger charge is -2.22. The number of rotatable bonds is 6. The fourth-order valence-electron chi connectivity index (χ4n) is 4.40. The lowest BCUT2D eigenvalue weighted by molar-refractivity contribution is 0.112. The number of benzene rings is 1. The van der Waals surface area contributed by atoms with Crippen molar-refractivity contribution in [1.82, 2.24) is 9.88 Å². The molecule has 2 N–H and O–H groups in total. The summed E-state index contributed by atoms with van der Waals surface area (Å²) in [5.74, 6) is 1.51. The van der Waals surface area contributed by atoms with Crippen LogP contribution in [0, 0.1) is 17.7 Å². The van der Waals surface area contributed by atoms with Gasteiger partial charge in [0.05, 0.1) is 25.1 Å². The number of likely N-dealkylation sites (tertiary alicyclic amines) is 1. The van der Waals surface area contributed by atoms with E-state index in [4.69, 9.17) is 9.47 Å². The highest BCUT2D eigenvalue weighted by atomic mass is 19.1. The van der Waals surface area contributed by atoms with Crippen molar-refractivity contribution >= 4 is 0 Å². The number of methoxy groups -OCH3 is 1. The lowest BCUT2D eigenvalue weighted by atomic mass is 10.0. The van der Waals surface area contributed by atoms with Gasteiger partial charge in [0.15, 0.2) is 11.6 Å². The number of pyridine rings is 1. The second kappa shape index (κ2) is 7.93. The Kier molecular flexibility index (Phi) is 5.37. The first-order chi connectivity index (χ1) is 13.5. The number of aromatic nitrogens is 1. The summed E-state index contributed by atoms with van der Waals surface area (Å²) in [4.78, 5) is 6.33. The molecule has 1 aliphatic heterocycles. The summed E-state index contributed by atoms with van der Waals surface area (Å²) in [6.45, 7) is 2.29. The van der Waals surface area contributed by atoms with Crippen molar-refractivity contribution in [1.29, 1.82) is 0 Å². The van der Waals surface area contributed by atoms with E-state index in [1.165, 1.54) is 18.3 Å². The molecule has 1 aromatic heterocycles. The van der Waals surface area contributed by atoms with Crippen molar-refractivity contribution in [2.45, 2.75) is 25.0 Å². The van der Waals surface area contributed by atoms with E-state index in [1.807, 2.05) is 0 Å². The number of β-amino-alcohol motifs (C(OH)–C–C–N with tert-alkyl or cyclic N) is 1. The molecule has 28 heavy (non-hydrogen) atoms. The molecule has 1 saturated heterocycles. The molecule has 1 unspecified atom stereocenters. The Balaban J connectivity index is 1.30.